The van der Waals surface area contributed by atoms with Crippen LogP contribution in [0.1, 0.15) is 50.2 Å². The van der Waals surface area contributed by atoms with E-state index >= 15 is 0 Å². The third kappa shape index (κ3) is 8.01. The Hall–Kier alpha value is -3.55. The summed E-state index contributed by atoms with van der Waals surface area (Å²) >= 11 is 10.3. The lowest BCUT2D eigenvalue weighted by atomic mass is 9.70. The summed E-state index contributed by atoms with van der Waals surface area (Å²) in [6, 6.07) is 14.2. The Kier molecular flexibility index (Phi) is 13.7. The monoisotopic (exact) mass is 799 g/mol. The first-order chi connectivity index (χ1) is 25.1. The van der Waals surface area contributed by atoms with Gasteiger partial charge in [0.1, 0.15) is 17.7 Å². The number of carbonyl (C=O) groups is 4. The minimum Gasteiger partial charge on any atom is -0.455 e. The number of anilines is 1. The number of halogens is 2. The van der Waals surface area contributed by atoms with Crippen molar-refractivity contribution < 1.29 is 38.5 Å². The molecule has 1 spiro atoms. The zero-order valence-electron chi connectivity index (χ0n) is 29.3. The summed E-state index contributed by atoms with van der Waals surface area (Å²) in [5, 5.41) is 12.7. The van der Waals surface area contributed by atoms with E-state index in [1.807, 2.05) is 18.2 Å². The van der Waals surface area contributed by atoms with Gasteiger partial charge >= 0.3 is 5.97 Å². The predicted molar refractivity (Wildman–Crippen MR) is 201 cm³/mol. The average Bonchev–Trinajstić information content (AvgIpc) is 3.73. The van der Waals surface area contributed by atoms with Crippen LogP contribution in [0.5, 0.6) is 0 Å². The lowest BCUT2D eigenvalue weighted by molar-refractivity contribution is -0.163. The number of para-hydroxylation sites is 1. The van der Waals surface area contributed by atoms with Crippen LogP contribution in [-0.2, 0) is 33.4 Å². The highest BCUT2D eigenvalue weighted by Gasteiger charge is 2.77. The van der Waals surface area contributed by atoms with Crippen LogP contribution in [0.2, 0.25) is 5.02 Å². The first-order valence-electron chi connectivity index (χ1n) is 17.7. The topological polar surface area (TPSA) is 135 Å². The number of alkyl halides is 1. The minimum absolute atomic E-state index is 0.00775. The maximum Gasteiger partial charge on any atom is 0.313 e. The van der Waals surface area contributed by atoms with Crippen molar-refractivity contribution in [3.8, 4) is 0 Å². The van der Waals surface area contributed by atoms with Gasteiger partial charge in [0.15, 0.2) is 0 Å². The predicted octanol–water partition coefficient (Wildman–Crippen LogP) is 5.15. The van der Waals surface area contributed by atoms with E-state index in [9.17, 15) is 24.3 Å². The molecule has 280 valence electrons. The second-order valence-electron chi connectivity index (χ2n) is 13.4. The number of methoxy groups -OCH3 is 1. The Morgan fingerprint density at radius 2 is 1.87 bits per heavy atom. The summed E-state index contributed by atoms with van der Waals surface area (Å²) < 4.78 is 18.5. The van der Waals surface area contributed by atoms with Gasteiger partial charge in [0.05, 0.1) is 41.3 Å². The third-order valence-electron chi connectivity index (χ3n) is 10.1. The number of benzene rings is 2. The zero-order valence-corrected chi connectivity index (χ0v) is 31.7. The van der Waals surface area contributed by atoms with Gasteiger partial charge in [0, 0.05) is 38.1 Å². The molecule has 1 unspecified atom stereocenters. The highest BCUT2D eigenvalue weighted by atomic mass is 79.9. The summed E-state index contributed by atoms with van der Waals surface area (Å²) in [5.41, 5.74) is -0.251. The van der Waals surface area contributed by atoms with Crippen molar-refractivity contribution in [1.82, 2.24) is 10.2 Å². The first kappa shape index (κ1) is 39.7. The van der Waals surface area contributed by atoms with Crippen molar-refractivity contribution in [1.29, 1.82) is 0 Å². The number of esters is 1. The number of hydrogen-bond donors (Lipinski definition) is 2. The van der Waals surface area contributed by atoms with Crippen LogP contribution in [0.25, 0.3) is 0 Å². The number of fused-ring (bicyclic) bond motifs is 1. The molecule has 3 fully saturated rings. The molecule has 0 saturated carbocycles. The fraction of sp³-hybridized carbons (Fsp3) is 0.487. The van der Waals surface area contributed by atoms with Gasteiger partial charge in [0.25, 0.3) is 5.91 Å². The number of likely N-dealkylation sites (tertiary alicyclic amines) is 1. The van der Waals surface area contributed by atoms with Gasteiger partial charge in [-0.25, -0.2) is 0 Å². The van der Waals surface area contributed by atoms with Crippen molar-refractivity contribution in [3.63, 3.8) is 0 Å². The molecule has 8 atom stereocenters. The van der Waals surface area contributed by atoms with Gasteiger partial charge in [-0.3, -0.25) is 19.2 Å². The maximum absolute atomic E-state index is 14.9. The second kappa shape index (κ2) is 18.0. The molecule has 3 aliphatic heterocycles. The second-order valence-corrected chi connectivity index (χ2v) is 15.0. The van der Waals surface area contributed by atoms with E-state index in [0.717, 1.165) is 0 Å². The molecule has 2 bridgehead atoms. The Morgan fingerprint density at radius 3 is 2.54 bits per heavy atom. The van der Waals surface area contributed by atoms with E-state index < -0.39 is 53.6 Å². The molecular weight excluding hydrogens is 754 g/mol. The van der Waals surface area contributed by atoms with Crippen LogP contribution < -0.4 is 10.2 Å². The quantitative estimate of drug-likeness (QED) is 0.0863. The van der Waals surface area contributed by atoms with Crippen LogP contribution >= 0.6 is 27.5 Å². The third-order valence-corrected chi connectivity index (χ3v) is 11.2. The summed E-state index contributed by atoms with van der Waals surface area (Å²) in [4.78, 5) is 59.7. The number of carbonyl (C=O) groups excluding carboxylic acids is 4. The van der Waals surface area contributed by atoms with Crippen molar-refractivity contribution in [2.45, 2.75) is 73.2 Å². The molecule has 3 saturated heterocycles. The Labute approximate surface area is 318 Å². The molecule has 0 aromatic heterocycles. The summed E-state index contributed by atoms with van der Waals surface area (Å²) in [6.07, 6.45) is 4.20. The molecule has 5 rings (SSSR count). The molecule has 2 N–H and O–H groups in total. The van der Waals surface area contributed by atoms with Crippen LogP contribution in [0.15, 0.2) is 79.9 Å². The standard InChI is InChI=1S/C39H47BrClN3O8/c1-4-6-19-30(46)42-28(24-50-3)33(25-15-9-7-10-16-25)51-38(49)31-32-36(47)44(21-13-8-14-22-45)35(39(32)23-26(40)34(31)52-39)37(48)43(20-5-2)29-18-12-11-17-27(29)41/h4-5,7,9-12,15-18,26,28,31-35,45H,1-2,6,8,13-14,19-24H2,3H3,(H,42,46)/t26?,28-,31+,32-,33-,34+,35+,39-/m0/s1. The lowest BCUT2D eigenvalue weighted by Gasteiger charge is -2.37. The number of aliphatic hydroxyl groups is 1. The molecule has 3 aliphatic rings. The fourth-order valence-corrected chi connectivity index (χ4v) is 9.05. The van der Waals surface area contributed by atoms with Crippen LogP contribution in [-0.4, -0.2) is 95.7 Å². The molecule has 2 aromatic carbocycles. The molecular formula is C39H47BrClN3O8. The molecule has 3 heterocycles. The van der Waals surface area contributed by atoms with Crippen molar-refractivity contribution in [2.24, 2.45) is 11.8 Å². The lowest BCUT2D eigenvalue weighted by Crippen LogP contribution is -2.57. The normalized spacial score (nSPS) is 25.7. The van der Waals surface area contributed by atoms with Gasteiger partial charge in [-0.05, 0) is 49.8 Å². The fourth-order valence-electron chi connectivity index (χ4n) is 7.87. The van der Waals surface area contributed by atoms with Crippen molar-refractivity contribution in [3.05, 3.63) is 90.5 Å². The smallest absolute Gasteiger partial charge is 0.313 e. The van der Waals surface area contributed by atoms with Crippen LogP contribution in [0, 0.1) is 11.8 Å². The minimum atomic E-state index is -1.35. The number of aliphatic hydroxyl groups excluding tert-OH is 1. The first-order valence-corrected chi connectivity index (χ1v) is 19.0. The summed E-state index contributed by atoms with van der Waals surface area (Å²) in [6.45, 7) is 7.95. The number of unbranched alkanes of at least 4 members (excludes halogenated alkanes) is 2. The summed E-state index contributed by atoms with van der Waals surface area (Å²) in [5.74, 6) is -3.76. The van der Waals surface area contributed by atoms with Crippen molar-refractivity contribution >= 4 is 56.9 Å². The molecule has 13 heteroatoms. The van der Waals surface area contributed by atoms with E-state index in [4.69, 9.17) is 25.8 Å². The number of nitrogens with one attached hydrogen (secondary N) is 1. The van der Waals surface area contributed by atoms with Crippen LogP contribution in [0.3, 0.4) is 0 Å². The molecule has 52 heavy (non-hydrogen) atoms. The largest absolute Gasteiger partial charge is 0.455 e. The molecule has 2 aromatic rings. The number of amides is 3. The van der Waals surface area contributed by atoms with E-state index in [-0.39, 0.29) is 49.4 Å². The maximum atomic E-state index is 14.9. The van der Waals surface area contributed by atoms with Gasteiger partial charge < -0.3 is 34.4 Å². The molecule has 11 nitrogen and oxygen atoms in total. The van der Waals surface area contributed by atoms with E-state index in [1.54, 1.807) is 53.5 Å². The van der Waals surface area contributed by atoms with E-state index in [0.29, 0.717) is 48.4 Å². The number of nitrogens with zero attached hydrogens (tertiary/aromatic N) is 2. The average molecular weight is 801 g/mol. The van der Waals surface area contributed by atoms with E-state index in [1.165, 1.54) is 12.0 Å². The number of ether oxygens (including phenoxy) is 3. The Morgan fingerprint density at radius 1 is 1.13 bits per heavy atom. The summed E-state index contributed by atoms with van der Waals surface area (Å²) in [7, 11) is 1.50. The molecule has 3 amide bonds. The number of hydrogen-bond acceptors (Lipinski definition) is 8. The SMILES string of the molecule is C=CCCC(=O)N[C@@H](COC)[C@@H](OC(=O)[C@H]1[C@@H]2O[C@@]3(CC2Br)[C@@H]1C(=O)N(CCCCCO)[C@@H]3C(=O)N(CC=C)c1ccccc1Cl)c1ccccc1. The van der Waals surface area contributed by atoms with E-state index in [2.05, 4.69) is 34.4 Å². The Bertz CT molecular complexity index is 1610. The number of allylic oxidation sites excluding steroid dienone is 1. The van der Waals surface area contributed by atoms with Gasteiger partial charge in [0.2, 0.25) is 11.8 Å². The molecule has 0 radical (unpaired) electrons. The van der Waals surface area contributed by atoms with Gasteiger partial charge in [-0.15, -0.1) is 13.2 Å². The van der Waals surface area contributed by atoms with Crippen molar-refractivity contribution in [2.75, 3.05) is 38.3 Å². The number of rotatable bonds is 19. The van der Waals surface area contributed by atoms with Gasteiger partial charge in [-0.2, -0.15) is 0 Å². The zero-order chi connectivity index (χ0) is 37.4. The van der Waals surface area contributed by atoms with Crippen LogP contribution in [0.4, 0.5) is 5.69 Å². The highest BCUT2D eigenvalue weighted by Crippen LogP contribution is 2.60. The van der Waals surface area contributed by atoms with Gasteiger partial charge in [-0.1, -0.05) is 82.1 Å². The highest BCUT2D eigenvalue weighted by molar-refractivity contribution is 9.09. The Balaban J connectivity index is 1.52. The molecule has 0 aliphatic carbocycles.